The highest BCUT2D eigenvalue weighted by Crippen LogP contribution is 2.31. The molecule has 1 heterocycles. The number of hydrogen-bond acceptors (Lipinski definition) is 6. The normalized spacial score (nSPS) is 11.7. The Bertz CT molecular complexity index is 1080. The van der Waals surface area contributed by atoms with Crippen molar-refractivity contribution in [1.29, 1.82) is 5.26 Å². The number of anilines is 1. The van der Waals surface area contributed by atoms with Crippen molar-refractivity contribution in [1.82, 2.24) is 14.9 Å². The third-order valence-electron chi connectivity index (χ3n) is 4.25. The molecule has 0 saturated carbocycles. The van der Waals surface area contributed by atoms with Crippen molar-refractivity contribution in [3.05, 3.63) is 58.6 Å². The molecule has 2 N–H and O–H groups in total. The number of nitrogen functional groups attached to an aromatic ring is 1. The van der Waals surface area contributed by atoms with Gasteiger partial charge in [0.1, 0.15) is 0 Å². The van der Waals surface area contributed by atoms with E-state index >= 15 is 0 Å². The molecule has 0 saturated heterocycles. The molecule has 0 aliphatic rings. The van der Waals surface area contributed by atoms with Crippen LogP contribution in [0.3, 0.4) is 0 Å². The predicted molar refractivity (Wildman–Crippen MR) is 120 cm³/mol. The molecule has 154 valence electrons. The Morgan fingerprint density at radius 3 is 2.67 bits per heavy atom. The first kappa shape index (κ1) is 22.0. The number of rotatable bonds is 7. The van der Waals surface area contributed by atoms with Crippen LogP contribution in [-0.2, 0) is 4.79 Å². The number of nitriles is 1. The van der Waals surface area contributed by atoms with Gasteiger partial charge in [0.25, 0.3) is 0 Å². The van der Waals surface area contributed by atoms with Crippen LogP contribution in [0.4, 0.5) is 5.69 Å². The number of thioether (sulfide) groups is 1. The van der Waals surface area contributed by atoms with Crippen molar-refractivity contribution >= 4 is 46.6 Å². The molecule has 0 aliphatic carbocycles. The Morgan fingerprint density at radius 2 is 2.00 bits per heavy atom. The first-order valence-corrected chi connectivity index (χ1v) is 10.6. The van der Waals surface area contributed by atoms with E-state index in [1.165, 1.54) is 16.4 Å². The fourth-order valence-electron chi connectivity index (χ4n) is 2.78. The molecule has 3 rings (SSSR count). The standard InChI is InChI=1S/C20H18Cl2N6OS/c1-13(19(29)27(11-5-10-23)15-6-3-2-4-7-15)30-20-26-25-18(28(20)24)16-9-8-14(21)12-17(16)22/h2-4,6-9,12-13H,5,11,24H2,1H3. The summed E-state index contributed by atoms with van der Waals surface area (Å²) in [5, 5.41) is 17.9. The number of carbonyl (C=O) groups excluding carboxylic acids is 1. The molecule has 0 bridgehead atoms. The zero-order valence-corrected chi connectivity index (χ0v) is 18.3. The maximum absolute atomic E-state index is 13.1. The molecule has 3 aromatic rings. The van der Waals surface area contributed by atoms with Gasteiger partial charge in [0.2, 0.25) is 11.1 Å². The van der Waals surface area contributed by atoms with Crippen LogP contribution >= 0.6 is 35.0 Å². The van der Waals surface area contributed by atoms with Gasteiger partial charge in [-0.25, -0.2) is 4.68 Å². The third kappa shape index (κ3) is 4.87. The SMILES string of the molecule is CC(Sc1nnc(-c2ccc(Cl)cc2Cl)n1N)C(=O)N(CCC#N)c1ccccc1. The molecule has 30 heavy (non-hydrogen) atoms. The van der Waals surface area contributed by atoms with E-state index in [-0.39, 0.29) is 12.3 Å². The Kier molecular flexibility index (Phi) is 7.21. The highest BCUT2D eigenvalue weighted by atomic mass is 35.5. The first-order valence-electron chi connectivity index (χ1n) is 8.98. The van der Waals surface area contributed by atoms with Crippen LogP contribution in [0.5, 0.6) is 0 Å². The number of nitrogens with zero attached hydrogens (tertiary/aromatic N) is 5. The summed E-state index contributed by atoms with van der Waals surface area (Å²) >= 11 is 13.4. The minimum absolute atomic E-state index is 0.157. The van der Waals surface area contributed by atoms with Gasteiger partial charge in [-0.05, 0) is 37.3 Å². The summed E-state index contributed by atoms with van der Waals surface area (Å²) < 4.78 is 1.30. The lowest BCUT2D eigenvalue weighted by molar-refractivity contribution is -0.117. The Balaban J connectivity index is 1.81. The van der Waals surface area contributed by atoms with Crippen LogP contribution in [0.25, 0.3) is 11.4 Å². The summed E-state index contributed by atoms with van der Waals surface area (Å²) in [4.78, 5) is 14.7. The van der Waals surface area contributed by atoms with Crippen LogP contribution < -0.4 is 10.7 Å². The Labute approximate surface area is 188 Å². The lowest BCUT2D eigenvalue weighted by Crippen LogP contribution is -2.37. The van der Waals surface area contributed by atoms with Crippen molar-refractivity contribution in [2.24, 2.45) is 0 Å². The van der Waals surface area contributed by atoms with E-state index in [4.69, 9.17) is 34.3 Å². The average Bonchev–Trinajstić information content (AvgIpc) is 3.09. The third-order valence-corrected chi connectivity index (χ3v) is 5.84. The van der Waals surface area contributed by atoms with Gasteiger partial charge in [-0.15, -0.1) is 10.2 Å². The molecular formula is C20H18Cl2N6OS. The van der Waals surface area contributed by atoms with Gasteiger partial charge in [0.15, 0.2) is 5.82 Å². The molecule has 0 fully saturated rings. The predicted octanol–water partition coefficient (Wildman–Crippen LogP) is 4.39. The molecule has 1 amide bonds. The van der Waals surface area contributed by atoms with Crippen molar-refractivity contribution in [3.63, 3.8) is 0 Å². The fourth-order valence-corrected chi connectivity index (χ4v) is 4.10. The maximum Gasteiger partial charge on any atom is 0.240 e. The molecule has 7 nitrogen and oxygen atoms in total. The number of hydrogen-bond donors (Lipinski definition) is 1. The molecule has 2 aromatic carbocycles. The quantitative estimate of drug-likeness (QED) is 0.414. The smallest absolute Gasteiger partial charge is 0.240 e. The Morgan fingerprint density at radius 1 is 1.27 bits per heavy atom. The number of benzene rings is 2. The Hall–Kier alpha value is -2.73. The van der Waals surface area contributed by atoms with Crippen LogP contribution in [0.1, 0.15) is 13.3 Å². The first-order chi connectivity index (χ1) is 14.4. The topological polar surface area (TPSA) is 101 Å². The van der Waals surface area contributed by atoms with Gasteiger partial charge in [0, 0.05) is 22.8 Å². The van der Waals surface area contributed by atoms with E-state index in [2.05, 4.69) is 16.3 Å². The van der Waals surface area contributed by atoms with Crippen LogP contribution in [-0.4, -0.2) is 32.6 Å². The van der Waals surface area contributed by atoms with Gasteiger partial charge in [-0.2, -0.15) is 5.26 Å². The summed E-state index contributed by atoms with van der Waals surface area (Å²) in [6.45, 7) is 2.06. The summed E-state index contributed by atoms with van der Waals surface area (Å²) in [6, 6.07) is 16.3. The minimum atomic E-state index is -0.510. The number of aromatic nitrogens is 3. The minimum Gasteiger partial charge on any atom is -0.335 e. The number of nitrogens with two attached hydrogens (primary N) is 1. The molecule has 0 aliphatic heterocycles. The largest absolute Gasteiger partial charge is 0.335 e. The monoisotopic (exact) mass is 460 g/mol. The second-order valence-electron chi connectivity index (χ2n) is 6.29. The summed E-state index contributed by atoms with van der Waals surface area (Å²) in [7, 11) is 0. The van der Waals surface area contributed by atoms with E-state index < -0.39 is 5.25 Å². The number of amides is 1. The van der Waals surface area contributed by atoms with Crippen molar-refractivity contribution in [2.75, 3.05) is 17.3 Å². The number of carbonyl (C=O) groups is 1. The summed E-state index contributed by atoms with van der Waals surface area (Å²) in [6.07, 6.45) is 0.226. The molecule has 1 aromatic heterocycles. The number of para-hydroxylation sites is 1. The van der Waals surface area contributed by atoms with Crippen molar-refractivity contribution < 1.29 is 4.79 Å². The molecular weight excluding hydrogens is 443 g/mol. The van der Waals surface area contributed by atoms with Crippen LogP contribution in [0.15, 0.2) is 53.7 Å². The second kappa shape index (κ2) is 9.85. The van der Waals surface area contributed by atoms with Gasteiger partial charge in [0.05, 0.1) is 22.8 Å². The lowest BCUT2D eigenvalue weighted by atomic mass is 10.2. The molecule has 1 unspecified atom stereocenters. The van der Waals surface area contributed by atoms with Gasteiger partial charge in [-0.3, -0.25) is 4.79 Å². The summed E-state index contributed by atoms with van der Waals surface area (Å²) in [5.74, 6) is 6.38. The second-order valence-corrected chi connectivity index (χ2v) is 8.45. The van der Waals surface area contributed by atoms with E-state index in [0.29, 0.717) is 33.1 Å². The van der Waals surface area contributed by atoms with E-state index in [0.717, 1.165) is 5.69 Å². The van der Waals surface area contributed by atoms with Crippen molar-refractivity contribution in [3.8, 4) is 17.5 Å². The van der Waals surface area contributed by atoms with Gasteiger partial charge in [-0.1, -0.05) is 53.2 Å². The zero-order chi connectivity index (χ0) is 21.7. The average molecular weight is 461 g/mol. The van der Waals surface area contributed by atoms with Crippen molar-refractivity contribution in [2.45, 2.75) is 23.8 Å². The molecule has 0 spiro atoms. The number of halogens is 2. The highest BCUT2D eigenvalue weighted by molar-refractivity contribution is 8.00. The van der Waals surface area contributed by atoms with E-state index in [1.54, 1.807) is 30.0 Å². The summed E-state index contributed by atoms with van der Waals surface area (Å²) in [5.41, 5.74) is 1.31. The molecule has 10 heteroatoms. The van der Waals surface area contributed by atoms with Gasteiger partial charge < -0.3 is 10.7 Å². The van der Waals surface area contributed by atoms with Crippen LogP contribution in [0, 0.1) is 11.3 Å². The molecule has 1 atom stereocenters. The van der Waals surface area contributed by atoms with E-state index in [9.17, 15) is 4.79 Å². The van der Waals surface area contributed by atoms with Crippen LogP contribution in [0.2, 0.25) is 10.0 Å². The highest BCUT2D eigenvalue weighted by Gasteiger charge is 2.25. The molecule has 0 radical (unpaired) electrons. The van der Waals surface area contributed by atoms with E-state index in [1.807, 2.05) is 30.3 Å². The lowest BCUT2D eigenvalue weighted by Gasteiger charge is -2.24. The zero-order valence-electron chi connectivity index (χ0n) is 16.0. The fraction of sp³-hybridized carbons (Fsp3) is 0.200. The maximum atomic E-state index is 13.1. The van der Waals surface area contributed by atoms with Gasteiger partial charge >= 0.3 is 0 Å².